The molecule has 1 aliphatic rings. The number of hydrogen-bond donors (Lipinski definition) is 1. The van der Waals surface area contributed by atoms with Gasteiger partial charge in [-0.05, 0) is 45.4 Å². The van der Waals surface area contributed by atoms with Gasteiger partial charge in [0.2, 0.25) is 0 Å². The van der Waals surface area contributed by atoms with E-state index in [1.54, 1.807) is 4.90 Å². The summed E-state index contributed by atoms with van der Waals surface area (Å²) in [6.45, 7) is 12.1. The topological polar surface area (TPSA) is 70.1 Å². The Morgan fingerprint density at radius 3 is 2.23 bits per heavy atom. The lowest BCUT2D eigenvalue weighted by Gasteiger charge is -2.35. The van der Waals surface area contributed by atoms with Crippen LogP contribution in [0.1, 0.15) is 47.5 Å². The smallest absolute Gasteiger partial charge is 0.410 e. The molecule has 1 heterocycles. The molecule has 0 atom stereocenters. The summed E-state index contributed by atoms with van der Waals surface area (Å²) in [4.78, 5) is 26.5. The van der Waals surface area contributed by atoms with Gasteiger partial charge < -0.3 is 19.6 Å². The Labute approximate surface area is 133 Å². The fourth-order valence-electron chi connectivity index (χ4n) is 2.61. The van der Waals surface area contributed by atoms with E-state index in [4.69, 9.17) is 9.84 Å². The maximum Gasteiger partial charge on any atom is 0.410 e. The molecule has 1 fully saturated rings. The Bertz CT molecular complexity index is 382. The second kappa shape index (κ2) is 7.70. The first kappa shape index (κ1) is 18.6. The molecule has 6 heteroatoms. The van der Waals surface area contributed by atoms with Crippen molar-refractivity contribution in [1.29, 1.82) is 0 Å². The number of likely N-dealkylation sites (tertiary alicyclic amines) is 1. The third kappa shape index (κ3) is 6.54. The van der Waals surface area contributed by atoms with Crippen molar-refractivity contribution in [2.75, 3.05) is 26.2 Å². The third-order valence-electron chi connectivity index (χ3n) is 3.60. The molecule has 0 saturated carbocycles. The highest BCUT2D eigenvalue weighted by atomic mass is 16.6. The van der Waals surface area contributed by atoms with Gasteiger partial charge in [0.15, 0.2) is 0 Å². The molecule has 1 saturated heterocycles. The zero-order valence-corrected chi connectivity index (χ0v) is 14.5. The van der Waals surface area contributed by atoms with Crippen LogP contribution in [-0.2, 0) is 4.74 Å². The lowest BCUT2D eigenvalue weighted by atomic mass is 9.96. The zero-order chi connectivity index (χ0) is 16.9. The average molecular weight is 314 g/mol. The van der Waals surface area contributed by atoms with E-state index in [9.17, 15) is 9.59 Å². The Morgan fingerprint density at radius 2 is 1.82 bits per heavy atom. The highest BCUT2D eigenvalue weighted by Crippen LogP contribution is 2.20. The fourth-order valence-corrected chi connectivity index (χ4v) is 2.61. The monoisotopic (exact) mass is 314 g/mol. The van der Waals surface area contributed by atoms with E-state index in [1.165, 1.54) is 4.90 Å². The number of carbonyl (C=O) groups is 2. The molecule has 0 bridgehead atoms. The molecule has 128 valence electrons. The minimum Gasteiger partial charge on any atom is -0.465 e. The largest absolute Gasteiger partial charge is 0.465 e. The SMILES string of the molecule is CC(C)CN(CC1CCN(C(=O)O)CC1)C(=O)OC(C)(C)C. The van der Waals surface area contributed by atoms with E-state index in [0.29, 0.717) is 38.0 Å². The van der Waals surface area contributed by atoms with Crippen LogP contribution in [0.5, 0.6) is 0 Å². The van der Waals surface area contributed by atoms with E-state index < -0.39 is 11.7 Å². The number of rotatable bonds is 4. The van der Waals surface area contributed by atoms with Crippen molar-refractivity contribution in [1.82, 2.24) is 9.80 Å². The van der Waals surface area contributed by atoms with Crippen LogP contribution in [0.2, 0.25) is 0 Å². The minimum absolute atomic E-state index is 0.276. The summed E-state index contributed by atoms with van der Waals surface area (Å²) in [6, 6.07) is 0. The number of nitrogens with zero attached hydrogens (tertiary/aromatic N) is 2. The van der Waals surface area contributed by atoms with E-state index in [-0.39, 0.29) is 6.09 Å². The first-order valence-electron chi connectivity index (χ1n) is 8.04. The van der Waals surface area contributed by atoms with Crippen molar-refractivity contribution in [3.8, 4) is 0 Å². The normalized spacial score (nSPS) is 16.7. The van der Waals surface area contributed by atoms with Gasteiger partial charge in [-0.3, -0.25) is 0 Å². The Kier molecular flexibility index (Phi) is 6.50. The van der Waals surface area contributed by atoms with Gasteiger partial charge >= 0.3 is 12.2 Å². The van der Waals surface area contributed by atoms with Gasteiger partial charge in [-0.2, -0.15) is 0 Å². The van der Waals surface area contributed by atoms with Crippen LogP contribution < -0.4 is 0 Å². The molecule has 0 spiro atoms. The van der Waals surface area contributed by atoms with Crippen molar-refractivity contribution in [3.63, 3.8) is 0 Å². The molecule has 22 heavy (non-hydrogen) atoms. The molecule has 0 unspecified atom stereocenters. The van der Waals surface area contributed by atoms with Crippen molar-refractivity contribution in [3.05, 3.63) is 0 Å². The Hall–Kier alpha value is -1.46. The van der Waals surface area contributed by atoms with Crippen LogP contribution in [-0.4, -0.2) is 58.9 Å². The number of ether oxygens (including phenoxy) is 1. The molecular formula is C16H30N2O4. The summed E-state index contributed by atoms with van der Waals surface area (Å²) in [6.07, 6.45) is 0.458. The number of piperidine rings is 1. The molecule has 1 rings (SSSR count). The summed E-state index contributed by atoms with van der Waals surface area (Å²) in [5.41, 5.74) is -0.501. The van der Waals surface area contributed by atoms with E-state index in [0.717, 1.165) is 12.8 Å². The molecule has 2 amide bonds. The van der Waals surface area contributed by atoms with E-state index in [2.05, 4.69) is 13.8 Å². The second-order valence-corrected chi connectivity index (χ2v) is 7.49. The van der Waals surface area contributed by atoms with E-state index in [1.807, 2.05) is 20.8 Å². The summed E-state index contributed by atoms with van der Waals surface area (Å²) in [5.74, 6) is 0.702. The molecule has 0 aromatic rings. The summed E-state index contributed by atoms with van der Waals surface area (Å²) in [5, 5.41) is 8.98. The zero-order valence-electron chi connectivity index (χ0n) is 14.5. The average Bonchev–Trinajstić information content (AvgIpc) is 2.36. The van der Waals surface area contributed by atoms with Crippen LogP contribution >= 0.6 is 0 Å². The fraction of sp³-hybridized carbons (Fsp3) is 0.875. The van der Waals surface area contributed by atoms with Gasteiger partial charge in [0.1, 0.15) is 5.60 Å². The highest BCUT2D eigenvalue weighted by Gasteiger charge is 2.28. The van der Waals surface area contributed by atoms with Crippen LogP contribution in [0.25, 0.3) is 0 Å². The van der Waals surface area contributed by atoms with E-state index >= 15 is 0 Å². The lowest BCUT2D eigenvalue weighted by Crippen LogP contribution is -2.45. The molecule has 1 aliphatic heterocycles. The van der Waals surface area contributed by atoms with Crippen LogP contribution in [0.15, 0.2) is 0 Å². The maximum atomic E-state index is 12.3. The van der Waals surface area contributed by atoms with Crippen LogP contribution in [0.3, 0.4) is 0 Å². The minimum atomic E-state index is -0.857. The lowest BCUT2D eigenvalue weighted by molar-refractivity contribution is 0.0170. The third-order valence-corrected chi connectivity index (χ3v) is 3.60. The molecule has 0 aliphatic carbocycles. The standard InChI is InChI=1S/C16H30N2O4/c1-12(2)10-18(15(21)22-16(3,4)5)11-13-6-8-17(9-7-13)14(19)20/h12-13H,6-11H2,1-5H3,(H,19,20). The van der Waals surface area contributed by atoms with Gasteiger partial charge in [-0.25, -0.2) is 9.59 Å². The molecular weight excluding hydrogens is 284 g/mol. The van der Waals surface area contributed by atoms with Crippen LogP contribution in [0, 0.1) is 11.8 Å². The van der Waals surface area contributed by atoms with Gasteiger partial charge in [0.05, 0.1) is 0 Å². The van der Waals surface area contributed by atoms with Crippen molar-refractivity contribution in [2.24, 2.45) is 11.8 Å². The Balaban J connectivity index is 2.58. The molecule has 0 aromatic carbocycles. The number of amides is 2. The number of hydrogen-bond acceptors (Lipinski definition) is 3. The van der Waals surface area contributed by atoms with Crippen molar-refractivity contribution in [2.45, 2.75) is 53.1 Å². The molecule has 1 N–H and O–H groups in total. The van der Waals surface area contributed by atoms with Crippen LogP contribution in [0.4, 0.5) is 9.59 Å². The quantitative estimate of drug-likeness (QED) is 0.864. The summed E-state index contributed by atoms with van der Waals surface area (Å²) < 4.78 is 5.48. The first-order chi connectivity index (χ1) is 10.1. The van der Waals surface area contributed by atoms with Crippen molar-refractivity contribution >= 4 is 12.2 Å². The highest BCUT2D eigenvalue weighted by molar-refractivity contribution is 5.68. The maximum absolute atomic E-state index is 12.3. The summed E-state index contributed by atoms with van der Waals surface area (Å²) >= 11 is 0. The predicted molar refractivity (Wildman–Crippen MR) is 85.0 cm³/mol. The predicted octanol–water partition coefficient (Wildman–Crippen LogP) is 3.27. The number of carbonyl (C=O) groups excluding carboxylic acids is 1. The Morgan fingerprint density at radius 1 is 1.27 bits per heavy atom. The molecule has 0 aromatic heterocycles. The van der Waals surface area contributed by atoms with Gasteiger partial charge in [0.25, 0.3) is 0 Å². The molecule has 0 radical (unpaired) electrons. The summed E-state index contributed by atoms with van der Waals surface area (Å²) in [7, 11) is 0. The first-order valence-corrected chi connectivity index (χ1v) is 8.04. The van der Waals surface area contributed by atoms with Gasteiger partial charge in [0, 0.05) is 26.2 Å². The number of carboxylic acid groups (broad SMARTS) is 1. The van der Waals surface area contributed by atoms with Crippen molar-refractivity contribution < 1.29 is 19.4 Å². The van der Waals surface area contributed by atoms with Gasteiger partial charge in [-0.1, -0.05) is 13.8 Å². The van der Waals surface area contributed by atoms with Gasteiger partial charge in [-0.15, -0.1) is 0 Å². The second-order valence-electron chi connectivity index (χ2n) is 7.49. The molecule has 6 nitrogen and oxygen atoms in total.